The van der Waals surface area contributed by atoms with E-state index >= 15 is 0 Å². The van der Waals surface area contributed by atoms with Gasteiger partial charge in [0.05, 0.1) is 17.3 Å². The molecular weight excluding hydrogens is 178 g/mol. The van der Waals surface area contributed by atoms with Crippen molar-refractivity contribution in [2.24, 2.45) is 0 Å². The van der Waals surface area contributed by atoms with Crippen molar-refractivity contribution in [2.45, 2.75) is 6.42 Å². The van der Waals surface area contributed by atoms with Crippen molar-refractivity contribution in [3.05, 3.63) is 29.0 Å². The van der Waals surface area contributed by atoms with E-state index in [1.54, 1.807) is 18.3 Å². The highest BCUT2D eigenvalue weighted by Crippen LogP contribution is 2.12. The first-order valence-electron chi connectivity index (χ1n) is 3.49. The molecule has 0 saturated heterocycles. The molecule has 3 nitrogen and oxygen atoms in total. The van der Waals surface area contributed by atoms with Gasteiger partial charge < -0.3 is 4.74 Å². The average molecular weight is 186 g/mol. The summed E-state index contributed by atoms with van der Waals surface area (Å²) >= 11 is 5.80. The second kappa shape index (κ2) is 4.72. The molecule has 1 aromatic rings. The Morgan fingerprint density at radius 1 is 1.67 bits per heavy atom. The molecule has 64 valence electrons. The Kier molecular flexibility index (Phi) is 3.54. The number of ether oxygens (including phenoxy) is 1. The molecule has 0 radical (unpaired) electrons. The van der Waals surface area contributed by atoms with Gasteiger partial charge in [0.1, 0.15) is 0 Å². The molecule has 0 spiro atoms. The van der Waals surface area contributed by atoms with Crippen molar-refractivity contribution >= 4 is 18.1 Å². The lowest BCUT2D eigenvalue weighted by atomic mass is 10.3. The van der Waals surface area contributed by atoms with Gasteiger partial charge in [-0.1, -0.05) is 11.6 Å². The van der Waals surface area contributed by atoms with Gasteiger partial charge in [-0.25, -0.2) is 0 Å². The molecule has 0 aliphatic carbocycles. The molecule has 0 bridgehead atoms. The van der Waals surface area contributed by atoms with E-state index in [1.165, 1.54) is 0 Å². The average Bonchev–Trinajstić information content (AvgIpc) is 2.09. The molecule has 0 fully saturated rings. The molecule has 0 aliphatic heterocycles. The second-order valence-corrected chi connectivity index (χ2v) is 2.56. The third-order valence-electron chi connectivity index (χ3n) is 1.36. The van der Waals surface area contributed by atoms with E-state index in [-0.39, 0.29) is 0 Å². The summed E-state index contributed by atoms with van der Waals surface area (Å²) in [5.74, 6) is 0. The van der Waals surface area contributed by atoms with Crippen LogP contribution in [-0.2, 0) is 16.0 Å². The topological polar surface area (TPSA) is 39.2 Å². The van der Waals surface area contributed by atoms with E-state index in [0.717, 1.165) is 5.69 Å². The smallest absolute Gasteiger partial charge is 0.293 e. The number of pyridine rings is 1. The largest absolute Gasteiger partial charge is 0.467 e. The predicted molar refractivity (Wildman–Crippen MR) is 45.0 cm³/mol. The second-order valence-electron chi connectivity index (χ2n) is 2.15. The number of hydrogen-bond donors (Lipinski definition) is 0. The van der Waals surface area contributed by atoms with Crippen molar-refractivity contribution in [3.8, 4) is 0 Å². The third-order valence-corrected chi connectivity index (χ3v) is 1.70. The van der Waals surface area contributed by atoms with Crippen LogP contribution in [0.25, 0.3) is 0 Å². The molecule has 0 aliphatic rings. The van der Waals surface area contributed by atoms with Crippen LogP contribution in [-0.4, -0.2) is 18.1 Å². The summed E-state index contributed by atoms with van der Waals surface area (Å²) in [6.45, 7) is 0.733. The molecule has 12 heavy (non-hydrogen) atoms. The van der Waals surface area contributed by atoms with Gasteiger partial charge in [-0.15, -0.1) is 0 Å². The zero-order valence-electron chi connectivity index (χ0n) is 6.37. The highest BCUT2D eigenvalue weighted by molar-refractivity contribution is 6.31. The van der Waals surface area contributed by atoms with Crippen molar-refractivity contribution in [1.29, 1.82) is 0 Å². The number of hydrogen-bond acceptors (Lipinski definition) is 3. The summed E-state index contributed by atoms with van der Waals surface area (Å²) < 4.78 is 4.51. The lowest BCUT2D eigenvalue weighted by molar-refractivity contribution is -0.128. The van der Waals surface area contributed by atoms with E-state index in [4.69, 9.17) is 11.6 Å². The lowest BCUT2D eigenvalue weighted by Crippen LogP contribution is -1.99. The van der Waals surface area contributed by atoms with Gasteiger partial charge in [0.15, 0.2) is 0 Å². The summed E-state index contributed by atoms with van der Waals surface area (Å²) in [4.78, 5) is 13.8. The van der Waals surface area contributed by atoms with Gasteiger partial charge in [-0.3, -0.25) is 9.78 Å². The minimum absolute atomic E-state index is 0.320. The van der Waals surface area contributed by atoms with Crippen molar-refractivity contribution in [3.63, 3.8) is 0 Å². The van der Waals surface area contributed by atoms with Gasteiger partial charge in [0.25, 0.3) is 6.47 Å². The Balaban J connectivity index is 2.51. The van der Waals surface area contributed by atoms with Crippen LogP contribution in [0.2, 0.25) is 5.02 Å². The summed E-state index contributed by atoms with van der Waals surface area (Å²) in [6, 6.07) is 3.51. The summed E-state index contributed by atoms with van der Waals surface area (Å²) in [6.07, 6.45) is 2.21. The summed E-state index contributed by atoms with van der Waals surface area (Å²) in [7, 11) is 0. The standard InChI is InChI=1S/C8H8ClNO2/c9-7-2-1-4-10-8(7)3-5-12-6-11/h1-2,4,6H,3,5H2. The van der Waals surface area contributed by atoms with Crippen LogP contribution < -0.4 is 0 Å². The van der Waals surface area contributed by atoms with Gasteiger partial charge in [-0.05, 0) is 12.1 Å². The number of carbonyl (C=O) groups excluding carboxylic acids is 1. The molecule has 0 amide bonds. The molecule has 0 atom stereocenters. The Morgan fingerprint density at radius 2 is 2.50 bits per heavy atom. The van der Waals surface area contributed by atoms with E-state index in [1.807, 2.05) is 0 Å². The van der Waals surface area contributed by atoms with E-state index in [9.17, 15) is 4.79 Å². The van der Waals surface area contributed by atoms with Crippen LogP contribution in [0.1, 0.15) is 5.69 Å². The highest BCUT2D eigenvalue weighted by Gasteiger charge is 1.99. The summed E-state index contributed by atoms with van der Waals surface area (Å²) in [5.41, 5.74) is 0.751. The zero-order chi connectivity index (χ0) is 8.81. The first-order valence-corrected chi connectivity index (χ1v) is 3.87. The molecule has 1 rings (SSSR count). The van der Waals surface area contributed by atoms with Gasteiger partial charge in [-0.2, -0.15) is 0 Å². The molecule has 1 heterocycles. The van der Waals surface area contributed by atoms with Crippen LogP contribution >= 0.6 is 11.6 Å². The van der Waals surface area contributed by atoms with Gasteiger partial charge in [0, 0.05) is 12.6 Å². The number of rotatable bonds is 4. The fraction of sp³-hybridized carbons (Fsp3) is 0.250. The Bertz CT molecular complexity index is 265. The molecule has 0 saturated carbocycles. The Hall–Kier alpha value is -1.09. The number of halogens is 1. The van der Waals surface area contributed by atoms with Crippen LogP contribution in [0.5, 0.6) is 0 Å². The highest BCUT2D eigenvalue weighted by atomic mass is 35.5. The Labute approximate surface area is 75.3 Å². The fourth-order valence-electron chi connectivity index (χ4n) is 0.806. The third kappa shape index (κ3) is 2.51. The maximum absolute atomic E-state index is 9.80. The quantitative estimate of drug-likeness (QED) is 0.527. The molecule has 4 heteroatoms. The number of nitrogens with zero attached hydrogens (tertiary/aromatic N) is 1. The van der Waals surface area contributed by atoms with Crippen LogP contribution in [0.4, 0.5) is 0 Å². The van der Waals surface area contributed by atoms with E-state index < -0.39 is 0 Å². The van der Waals surface area contributed by atoms with Crippen LogP contribution in [0.3, 0.4) is 0 Å². The van der Waals surface area contributed by atoms with Crippen LogP contribution in [0.15, 0.2) is 18.3 Å². The van der Waals surface area contributed by atoms with Crippen molar-refractivity contribution in [1.82, 2.24) is 4.98 Å². The molecule has 0 N–H and O–H groups in total. The molecule has 0 aromatic carbocycles. The fourth-order valence-corrected chi connectivity index (χ4v) is 1.02. The number of carbonyl (C=O) groups is 1. The lowest BCUT2D eigenvalue weighted by Gasteiger charge is -2.00. The van der Waals surface area contributed by atoms with E-state index in [0.29, 0.717) is 24.5 Å². The molecule has 0 unspecified atom stereocenters. The molecule has 1 aromatic heterocycles. The van der Waals surface area contributed by atoms with Crippen LogP contribution in [0, 0.1) is 0 Å². The number of aromatic nitrogens is 1. The van der Waals surface area contributed by atoms with E-state index in [2.05, 4.69) is 9.72 Å². The Morgan fingerprint density at radius 3 is 3.17 bits per heavy atom. The predicted octanol–water partition coefficient (Wildman–Crippen LogP) is 1.45. The first kappa shape index (κ1) is 9.00. The van der Waals surface area contributed by atoms with Crippen molar-refractivity contribution in [2.75, 3.05) is 6.61 Å². The first-order chi connectivity index (χ1) is 5.84. The SMILES string of the molecule is O=COCCc1ncccc1Cl. The maximum atomic E-state index is 9.80. The monoisotopic (exact) mass is 185 g/mol. The zero-order valence-corrected chi connectivity index (χ0v) is 7.12. The minimum Gasteiger partial charge on any atom is -0.467 e. The molecular formula is C8H8ClNO2. The maximum Gasteiger partial charge on any atom is 0.293 e. The minimum atomic E-state index is 0.320. The normalized spacial score (nSPS) is 9.42. The van der Waals surface area contributed by atoms with Crippen molar-refractivity contribution < 1.29 is 9.53 Å². The van der Waals surface area contributed by atoms with Gasteiger partial charge >= 0.3 is 0 Å². The van der Waals surface area contributed by atoms with Gasteiger partial charge in [0.2, 0.25) is 0 Å². The summed E-state index contributed by atoms with van der Waals surface area (Å²) in [5, 5.41) is 0.604.